The van der Waals surface area contributed by atoms with Crippen molar-refractivity contribution in [2.75, 3.05) is 44.2 Å². The first kappa shape index (κ1) is 19.9. The lowest BCUT2D eigenvalue weighted by Crippen LogP contribution is -2.58. The van der Waals surface area contributed by atoms with Crippen molar-refractivity contribution in [1.29, 1.82) is 0 Å². The van der Waals surface area contributed by atoms with E-state index in [1.165, 1.54) is 0 Å². The molecule has 0 spiro atoms. The molecule has 0 bridgehead atoms. The number of nitrogens with one attached hydrogen (secondary N) is 1. The molecule has 0 saturated carbocycles. The number of hydrogen-bond acceptors (Lipinski definition) is 4. The van der Waals surface area contributed by atoms with Gasteiger partial charge in [0.05, 0.1) is 6.54 Å². The number of carbonyl (C=O) groups excluding carboxylic acids is 3. The Labute approximate surface area is 172 Å². The van der Waals surface area contributed by atoms with Crippen LogP contribution in [0.15, 0.2) is 18.2 Å². The highest BCUT2D eigenvalue weighted by atomic mass is 16.2. The van der Waals surface area contributed by atoms with Gasteiger partial charge < -0.3 is 20.0 Å². The lowest BCUT2D eigenvalue weighted by atomic mass is 9.99. The number of hydrogen-bond donors (Lipinski definition) is 1. The zero-order chi connectivity index (χ0) is 20.5. The van der Waals surface area contributed by atoms with Crippen molar-refractivity contribution in [3.63, 3.8) is 0 Å². The highest BCUT2D eigenvalue weighted by Crippen LogP contribution is 2.29. The molecule has 3 fully saturated rings. The number of piperazine rings is 1. The number of benzene rings is 1. The molecule has 7 heteroatoms. The van der Waals surface area contributed by atoms with E-state index in [1.54, 1.807) is 4.90 Å². The van der Waals surface area contributed by atoms with E-state index in [0.29, 0.717) is 39.1 Å². The van der Waals surface area contributed by atoms with Gasteiger partial charge in [-0.25, -0.2) is 0 Å². The maximum Gasteiger partial charge on any atom is 0.239 e. The quantitative estimate of drug-likeness (QED) is 0.774. The van der Waals surface area contributed by atoms with Gasteiger partial charge in [0, 0.05) is 44.5 Å². The molecule has 4 rings (SSSR count). The minimum absolute atomic E-state index is 0.0642. The lowest BCUT2D eigenvalue weighted by molar-refractivity contribution is -0.145. The zero-order valence-electron chi connectivity index (χ0n) is 17.3. The van der Waals surface area contributed by atoms with Crippen LogP contribution >= 0.6 is 0 Å². The highest BCUT2D eigenvalue weighted by Gasteiger charge is 2.41. The Morgan fingerprint density at radius 2 is 1.79 bits per heavy atom. The van der Waals surface area contributed by atoms with Gasteiger partial charge in [-0.05, 0) is 56.4 Å². The molecule has 29 heavy (non-hydrogen) atoms. The van der Waals surface area contributed by atoms with Crippen molar-refractivity contribution >= 4 is 23.4 Å². The number of anilines is 1. The Hall–Kier alpha value is -2.41. The van der Waals surface area contributed by atoms with Gasteiger partial charge in [-0.2, -0.15) is 0 Å². The molecule has 3 amide bonds. The molecule has 3 heterocycles. The average Bonchev–Trinajstić information content (AvgIpc) is 3.08. The van der Waals surface area contributed by atoms with Crippen molar-refractivity contribution in [1.82, 2.24) is 15.1 Å². The molecule has 1 aromatic rings. The van der Waals surface area contributed by atoms with Gasteiger partial charge in [0.15, 0.2) is 0 Å². The first-order valence-corrected chi connectivity index (χ1v) is 10.6. The summed E-state index contributed by atoms with van der Waals surface area (Å²) in [5.41, 5.74) is 3.11. The predicted octanol–water partition coefficient (Wildman–Crippen LogP) is 1.08. The van der Waals surface area contributed by atoms with Crippen LogP contribution in [-0.4, -0.2) is 72.8 Å². The van der Waals surface area contributed by atoms with Gasteiger partial charge in [0.25, 0.3) is 0 Å². The predicted molar refractivity (Wildman–Crippen MR) is 111 cm³/mol. The molecule has 1 N–H and O–H groups in total. The van der Waals surface area contributed by atoms with E-state index in [1.807, 2.05) is 35.8 Å². The second-order valence-corrected chi connectivity index (χ2v) is 8.52. The molecule has 3 saturated heterocycles. The average molecular weight is 399 g/mol. The minimum atomic E-state index is -0.603. The standard InChI is InChI=1S/C22H30N4O3/c1-15-10-16(2)12-18(11-15)26-8-5-19(22(26)29)21(28)24-7-3-4-17(14-24)25-9-6-23-13-20(25)27/h10-12,17,19,23H,3-9,13-14H2,1-2H3. The molecule has 3 aliphatic heterocycles. The summed E-state index contributed by atoms with van der Waals surface area (Å²) in [4.78, 5) is 44.0. The van der Waals surface area contributed by atoms with E-state index in [-0.39, 0.29) is 23.8 Å². The third-order valence-corrected chi connectivity index (χ3v) is 6.30. The van der Waals surface area contributed by atoms with Crippen molar-refractivity contribution < 1.29 is 14.4 Å². The number of piperidine rings is 1. The van der Waals surface area contributed by atoms with Crippen molar-refractivity contribution in [3.05, 3.63) is 29.3 Å². The fraction of sp³-hybridized carbons (Fsp3) is 0.591. The van der Waals surface area contributed by atoms with Crippen LogP contribution in [0, 0.1) is 19.8 Å². The number of rotatable bonds is 3. The lowest BCUT2D eigenvalue weighted by Gasteiger charge is -2.41. The van der Waals surface area contributed by atoms with Crippen LogP contribution in [0.2, 0.25) is 0 Å². The summed E-state index contributed by atoms with van der Waals surface area (Å²) in [5, 5.41) is 3.09. The van der Waals surface area contributed by atoms with E-state index >= 15 is 0 Å². The summed E-state index contributed by atoms with van der Waals surface area (Å²) < 4.78 is 0. The number of aryl methyl sites for hydroxylation is 2. The van der Waals surface area contributed by atoms with Crippen LogP contribution in [0.1, 0.15) is 30.4 Å². The van der Waals surface area contributed by atoms with E-state index in [0.717, 1.165) is 36.2 Å². The Morgan fingerprint density at radius 1 is 1.03 bits per heavy atom. The van der Waals surface area contributed by atoms with Crippen LogP contribution in [0.3, 0.4) is 0 Å². The highest BCUT2D eigenvalue weighted by molar-refractivity contribution is 6.09. The summed E-state index contributed by atoms with van der Waals surface area (Å²) in [6.07, 6.45) is 2.34. The molecule has 1 aromatic carbocycles. The number of nitrogens with zero attached hydrogens (tertiary/aromatic N) is 3. The van der Waals surface area contributed by atoms with Crippen molar-refractivity contribution in [3.8, 4) is 0 Å². The first-order chi connectivity index (χ1) is 13.9. The maximum atomic E-state index is 13.2. The summed E-state index contributed by atoms with van der Waals surface area (Å²) >= 11 is 0. The molecule has 7 nitrogen and oxygen atoms in total. The third kappa shape index (κ3) is 4.01. The first-order valence-electron chi connectivity index (χ1n) is 10.6. The van der Waals surface area contributed by atoms with Gasteiger partial charge in [-0.3, -0.25) is 14.4 Å². The fourth-order valence-corrected chi connectivity index (χ4v) is 4.91. The molecular weight excluding hydrogens is 368 g/mol. The van der Waals surface area contributed by atoms with Crippen LogP contribution in [0.5, 0.6) is 0 Å². The number of likely N-dealkylation sites (tertiary alicyclic amines) is 1. The molecule has 2 unspecified atom stereocenters. The van der Waals surface area contributed by atoms with Gasteiger partial charge in [0.2, 0.25) is 17.7 Å². The van der Waals surface area contributed by atoms with E-state index in [9.17, 15) is 14.4 Å². The van der Waals surface area contributed by atoms with Crippen molar-refractivity contribution in [2.45, 2.75) is 39.2 Å². The third-order valence-electron chi connectivity index (χ3n) is 6.30. The molecule has 0 radical (unpaired) electrons. The minimum Gasteiger partial charge on any atom is -0.340 e. The maximum absolute atomic E-state index is 13.2. The number of carbonyl (C=O) groups is 3. The fourth-order valence-electron chi connectivity index (χ4n) is 4.91. The smallest absolute Gasteiger partial charge is 0.239 e. The van der Waals surface area contributed by atoms with Crippen LogP contribution in [0.25, 0.3) is 0 Å². The van der Waals surface area contributed by atoms with E-state index < -0.39 is 5.92 Å². The number of amides is 3. The summed E-state index contributed by atoms with van der Waals surface area (Å²) in [7, 11) is 0. The van der Waals surface area contributed by atoms with E-state index in [4.69, 9.17) is 0 Å². The molecule has 0 aromatic heterocycles. The largest absolute Gasteiger partial charge is 0.340 e. The molecule has 156 valence electrons. The monoisotopic (exact) mass is 398 g/mol. The van der Waals surface area contributed by atoms with Gasteiger partial charge in [0.1, 0.15) is 5.92 Å². The molecule has 0 aliphatic carbocycles. The SMILES string of the molecule is Cc1cc(C)cc(N2CCC(C(=O)N3CCCC(N4CCNCC4=O)C3)C2=O)c1. The van der Waals surface area contributed by atoms with Crippen LogP contribution < -0.4 is 10.2 Å². The van der Waals surface area contributed by atoms with Crippen LogP contribution in [-0.2, 0) is 14.4 Å². The van der Waals surface area contributed by atoms with Crippen molar-refractivity contribution in [2.24, 2.45) is 5.92 Å². The molecule has 2 atom stereocenters. The zero-order valence-corrected chi connectivity index (χ0v) is 17.3. The second-order valence-electron chi connectivity index (χ2n) is 8.52. The molecule has 3 aliphatic rings. The summed E-state index contributed by atoms with van der Waals surface area (Å²) in [6.45, 7) is 7.68. The Kier molecular flexibility index (Phi) is 5.58. The van der Waals surface area contributed by atoms with Gasteiger partial charge >= 0.3 is 0 Å². The van der Waals surface area contributed by atoms with Gasteiger partial charge in [-0.1, -0.05) is 6.07 Å². The van der Waals surface area contributed by atoms with E-state index in [2.05, 4.69) is 11.4 Å². The topological polar surface area (TPSA) is 73.0 Å². The van der Waals surface area contributed by atoms with Crippen LogP contribution in [0.4, 0.5) is 5.69 Å². The molecular formula is C22H30N4O3. The summed E-state index contributed by atoms with van der Waals surface area (Å²) in [5.74, 6) is -0.670. The normalized spacial score (nSPS) is 25.7. The van der Waals surface area contributed by atoms with Gasteiger partial charge in [-0.15, -0.1) is 0 Å². The Morgan fingerprint density at radius 3 is 2.52 bits per heavy atom. The second kappa shape index (κ2) is 8.14. The Bertz CT molecular complexity index is 804. The summed E-state index contributed by atoms with van der Waals surface area (Å²) in [6, 6.07) is 6.15. The Balaban J connectivity index is 1.44.